The van der Waals surface area contributed by atoms with E-state index in [1.165, 1.54) is 48.9 Å². The number of rotatable bonds is 8. The van der Waals surface area contributed by atoms with Gasteiger partial charge in [-0.05, 0) is 80.2 Å². The van der Waals surface area contributed by atoms with Crippen LogP contribution in [0.3, 0.4) is 0 Å². The Morgan fingerprint density at radius 3 is 2.55 bits per heavy atom. The van der Waals surface area contributed by atoms with Gasteiger partial charge in [0.25, 0.3) is 0 Å². The van der Waals surface area contributed by atoms with Crippen molar-refractivity contribution in [3.63, 3.8) is 0 Å². The average Bonchev–Trinajstić information content (AvgIpc) is 3.49. The number of fused-ring (bicyclic) bond motifs is 6. The number of nitrogens with one attached hydrogen (secondary N) is 1. The lowest BCUT2D eigenvalue weighted by molar-refractivity contribution is -0.708. The maximum absolute atomic E-state index is 10.2. The molecule has 4 unspecified atom stereocenters. The lowest BCUT2D eigenvalue weighted by atomic mass is 9.77. The van der Waals surface area contributed by atoms with E-state index in [-0.39, 0.29) is 29.8 Å². The fourth-order valence-electron chi connectivity index (χ4n) is 8.03. The van der Waals surface area contributed by atoms with Crippen molar-refractivity contribution in [3.8, 4) is 11.3 Å². The zero-order valence-electron chi connectivity index (χ0n) is 27.6. The van der Waals surface area contributed by atoms with Crippen LogP contribution >= 0.6 is 0 Å². The van der Waals surface area contributed by atoms with E-state index in [9.17, 15) is 5.11 Å². The molecule has 4 nitrogen and oxygen atoms in total. The molecule has 1 aromatic carbocycles. The van der Waals surface area contributed by atoms with E-state index < -0.39 is 8.07 Å². The summed E-state index contributed by atoms with van der Waals surface area (Å²) in [5.41, 5.74) is 7.48. The van der Waals surface area contributed by atoms with Gasteiger partial charge < -0.3 is 10.4 Å². The Kier molecular flexibility index (Phi) is 10.1. The first-order valence-electron chi connectivity index (χ1n) is 17.0. The summed E-state index contributed by atoms with van der Waals surface area (Å²) in [6.07, 6.45) is 20.3. The normalized spacial score (nSPS) is 25.7. The highest BCUT2D eigenvalue weighted by molar-refractivity contribution is 6.89. The first kappa shape index (κ1) is 32.2. The summed E-state index contributed by atoms with van der Waals surface area (Å²) in [6.45, 7) is 22.3. The van der Waals surface area contributed by atoms with E-state index in [1.807, 2.05) is 6.08 Å². The van der Waals surface area contributed by atoms with Gasteiger partial charge in [0.05, 0.1) is 14.0 Å². The van der Waals surface area contributed by atoms with Gasteiger partial charge in [0.2, 0.25) is 11.7 Å². The van der Waals surface area contributed by atoms with Gasteiger partial charge in [-0.25, -0.2) is 0 Å². The number of allylic oxidation sites excluding steroid dienone is 3. The van der Waals surface area contributed by atoms with Crippen LogP contribution in [0.4, 0.5) is 0 Å². The fourth-order valence-corrected chi connectivity index (χ4v) is 9.69. The molecule has 1 aliphatic carbocycles. The monoisotopic (exact) mass is 608 g/mol. The molecule has 4 atom stereocenters. The summed E-state index contributed by atoms with van der Waals surface area (Å²) in [6, 6.07) is 11.7. The maximum atomic E-state index is 10.2. The third-order valence-corrected chi connectivity index (χ3v) is 12.3. The molecule has 0 saturated heterocycles. The first-order valence-corrected chi connectivity index (χ1v) is 20.5. The molecule has 0 bridgehead atoms. The molecule has 5 heteroatoms. The number of pyridine rings is 1. The molecule has 0 radical (unpaired) electrons. The number of aliphatic imine (C=N–C) groups is 1. The molecule has 2 aromatic rings. The molecule has 3 aliphatic rings. The van der Waals surface area contributed by atoms with E-state index in [1.54, 1.807) is 10.8 Å². The third-order valence-electron chi connectivity index (χ3n) is 10.2. The van der Waals surface area contributed by atoms with E-state index in [2.05, 4.69) is 105 Å². The van der Waals surface area contributed by atoms with Gasteiger partial charge in [-0.2, -0.15) is 4.57 Å². The number of hydrogen-bond donors (Lipinski definition) is 2. The van der Waals surface area contributed by atoms with Crippen molar-refractivity contribution in [2.75, 3.05) is 0 Å². The molecule has 0 spiro atoms. The van der Waals surface area contributed by atoms with Crippen molar-refractivity contribution in [1.29, 1.82) is 0 Å². The zero-order chi connectivity index (χ0) is 31.4. The molecule has 44 heavy (non-hydrogen) atoms. The Labute approximate surface area is 267 Å². The summed E-state index contributed by atoms with van der Waals surface area (Å²) in [4.78, 5) is 5.22. The zero-order valence-corrected chi connectivity index (χ0v) is 28.6. The molecule has 1 fully saturated rings. The highest BCUT2D eigenvalue weighted by Crippen LogP contribution is 2.45. The van der Waals surface area contributed by atoms with Crippen molar-refractivity contribution in [1.82, 2.24) is 5.32 Å². The number of nitrogens with zero attached hydrogens (tertiary/aromatic N) is 2. The van der Waals surface area contributed by atoms with Crippen LogP contribution in [0.1, 0.15) is 87.8 Å². The van der Waals surface area contributed by atoms with E-state index >= 15 is 0 Å². The van der Waals surface area contributed by atoms with Crippen LogP contribution in [0.15, 0.2) is 91.1 Å². The van der Waals surface area contributed by atoms with Crippen molar-refractivity contribution >= 4 is 19.0 Å². The Hall–Kier alpha value is -3.18. The van der Waals surface area contributed by atoms with Crippen LogP contribution < -0.4 is 15.1 Å². The predicted octanol–water partition coefficient (Wildman–Crippen LogP) is 8.84. The Morgan fingerprint density at radius 1 is 1.11 bits per heavy atom. The van der Waals surface area contributed by atoms with Crippen LogP contribution in [0, 0.1) is 11.8 Å². The number of hydrogen-bond acceptors (Lipinski definition) is 3. The minimum Gasteiger partial charge on any atom is -0.495 e. The highest BCUT2D eigenvalue weighted by atomic mass is 28.3. The molecule has 1 saturated carbocycles. The molecular weight excluding hydrogens is 555 g/mol. The van der Waals surface area contributed by atoms with Gasteiger partial charge in [-0.15, -0.1) is 0 Å². The SMILES string of the molecule is C=C/C1=N/C(=C)C2C(CCC(C=CCC)C(NC(=C)O)CC1)c1ccccc1-c1cc(CC3CCCC3)c([Si](C)(C)C)c[n+]12. The lowest BCUT2D eigenvalue weighted by Gasteiger charge is -2.33. The summed E-state index contributed by atoms with van der Waals surface area (Å²) >= 11 is 0. The molecule has 2 N–H and O–H groups in total. The third kappa shape index (κ3) is 7.04. The van der Waals surface area contributed by atoms with Crippen molar-refractivity contribution < 1.29 is 9.67 Å². The second-order valence-electron chi connectivity index (χ2n) is 14.4. The molecule has 2 aliphatic heterocycles. The van der Waals surface area contributed by atoms with Crippen molar-refractivity contribution in [2.45, 2.75) is 109 Å². The number of aliphatic hydroxyl groups is 1. The molecule has 0 amide bonds. The summed E-state index contributed by atoms with van der Waals surface area (Å²) < 4.78 is 2.56. The minimum absolute atomic E-state index is 0.0265. The Balaban J connectivity index is 1.68. The van der Waals surface area contributed by atoms with E-state index in [4.69, 9.17) is 4.99 Å². The van der Waals surface area contributed by atoms with Crippen LogP contribution in [-0.4, -0.2) is 24.9 Å². The minimum atomic E-state index is -1.65. The number of benzene rings is 1. The lowest BCUT2D eigenvalue weighted by Crippen LogP contribution is -2.54. The summed E-state index contributed by atoms with van der Waals surface area (Å²) in [5.74, 6) is 1.31. The molecule has 234 valence electrons. The number of aromatic nitrogens is 1. The van der Waals surface area contributed by atoms with Gasteiger partial charge in [-0.3, -0.25) is 4.99 Å². The highest BCUT2D eigenvalue weighted by Gasteiger charge is 2.44. The maximum Gasteiger partial charge on any atom is 0.213 e. The smallest absolute Gasteiger partial charge is 0.213 e. The second-order valence-corrected chi connectivity index (χ2v) is 19.4. The van der Waals surface area contributed by atoms with E-state index in [0.717, 1.165) is 49.4 Å². The van der Waals surface area contributed by atoms with Gasteiger partial charge in [0.15, 0.2) is 12.1 Å². The Morgan fingerprint density at radius 2 is 1.86 bits per heavy atom. The van der Waals surface area contributed by atoms with Crippen LogP contribution in [0.5, 0.6) is 0 Å². The van der Waals surface area contributed by atoms with Gasteiger partial charge in [-0.1, -0.05) is 95.8 Å². The quantitative estimate of drug-likeness (QED) is 0.136. The molecule has 3 heterocycles. The van der Waals surface area contributed by atoms with Crippen molar-refractivity contribution in [2.24, 2.45) is 16.8 Å². The average molecular weight is 609 g/mol. The van der Waals surface area contributed by atoms with Crippen molar-refractivity contribution in [3.05, 3.63) is 97.2 Å². The molecule has 5 rings (SSSR count). The Bertz CT molecular complexity index is 1440. The van der Waals surface area contributed by atoms with E-state index in [0.29, 0.717) is 0 Å². The summed E-state index contributed by atoms with van der Waals surface area (Å²) in [5, 5.41) is 15.1. The summed E-state index contributed by atoms with van der Waals surface area (Å²) in [7, 11) is -1.65. The number of aliphatic hydroxyl groups excluding tert-OH is 1. The predicted molar refractivity (Wildman–Crippen MR) is 189 cm³/mol. The van der Waals surface area contributed by atoms with Crippen LogP contribution in [0.2, 0.25) is 19.6 Å². The fraction of sp³-hybridized carbons (Fsp3) is 0.487. The standard InChI is InChI=1S/C39H53N3OSi/c1-8-10-17-30-20-22-35-33-18-13-14-19-34(33)37-25-31(24-29-15-11-12-16-29)38(44(5,6)7)26-42(37)39(35)27(3)40-32(9-2)21-23-36(30)41-28(4)43/h9-10,13-14,17-19,25-26,29-30,35-36,39,41H,2-4,8,11-12,15-16,20-24H2,1,5-7H3/p+1/b17-10?,40-32-. The van der Waals surface area contributed by atoms with Gasteiger partial charge >= 0.3 is 0 Å². The van der Waals surface area contributed by atoms with Crippen LogP contribution in [-0.2, 0) is 6.42 Å². The van der Waals surface area contributed by atoms with Gasteiger partial charge in [0, 0.05) is 28.6 Å². The molecular formula is C39H54N3OSi+. The second kappa shape index (κ2) is 13.8. The topological polar surface area (TPSA) is 48.5 Å². The largest absolute Gasteiger partial charge is 0.495 e. The van der Waals surface area contributed by atoms with Gasteiger partial charge in [0.1, 0.15) is 5.70 Å². The molecule has 1 aromatic heterocycles. The first-order chi connectivity index (χ1) is 21.1. The van der Waals surface area contributed by atoms with Crippen LogP contribution in [0.25, 0.3) is 11.3 Å².